The maximum absolute atomic E-state index is 12.8. The van der Waals surface area contributed by atoms with Crippen LogP contribution in [0.25, 0.3) is 0 Å². The molecule has 1 unspecified atom stereocenters. The molecule has 0 aliphatic heterocycles. The van der Waals surface area contributed by atoms with Crippen LogP contribution in [-0.2, 0) is 28.6 Å². The van der Waals surface area contributed by atoms with Gasteiger partial charge in [-0.3, -0.25) is 14.4 Å². The zero-order valence-corrected chi connectivity index (χ0v) is 47.4. The Morgan fingerprint density at radius 2 is 0.542 bits per heavy atom. The number of ether oxygens (including phenoxy) is 3. The Hall–Kier alpha value is -3.41. The van der Waals surface area contributed by atoms with Crippen molar-refractivity contribution in [2.75, 3.05) is 13.2 Å². The van der Waals surface area contributed by atoms with Crippen LogP contribution in [0.3, 0.4) is 0 Å². The third-order valence-electron chi connectivity index (χ3n) is 13.1. The predicted octanol–water partition coefficient (Wildman–Crippen LogP) is 20.7. The van der Waals surface area contributed by atoms with E-state index in [0.29, 0.717) is 19.3 Å². The number of carbonyl (C=O) groups is 3. The largest absolute Gasteiger partial charge is 0.462 e. The van der Waals surface area contributed by atoms with Gasteiger partial charge in [0.2, 0.25) is 0 Å². The maximum atomic E-state index is 12.8. The van der Waals surface area contributed by atoms with Crippen molar-refractivity contribution in [3.05, 3.63) is 85.1 Å². The third-order valence-corrected chi connectivity index (χ3v) is 13.1. The van der Waals surface area contributed by atoms with Crippen molar-refractivity contribution in [3.63, 3.8) is 0 Å². The first-order valence-corrected chi connectivity index (χ1v) is 30.6. The van der Waals surface area contributed by atoms with E-state index in [1.165, 1.54) is 148 Å². The lowest BCUT2D eigenvalue weighted by molar-refractivity contribution is -0.167. The Kier molecular flexibility index (Phi) is 57.3. The monoisotopic (exact) mass is 1000 g/mol. The molecule has 6 nitrogen and oxygen atoms in total. The summed E-state index contributed by atoms with van der Waals surface area (Å²) in [7, 11) is 0. The van der Waals surface area contributed by atoms with Gasteiger partial charge in [-0.1, -0.05) is 266 Å². The minimum Gasteiger partial charge on any atom is -0.462 e. The Labute approximate surface area is 445 Å². The average Bonchev–Trinajstić information content (AvgIpc) is 3.38. The van der Waals surface area contributed by atoms with E-state index in [4.69, 9.17) is 14.2 Å². The summed E-state index contributed by atoms with van der Waals surface area (Å²) in [6.07, 6.45) is 78.9. The molecule has 0 aliphatic rings. The van der Waals surface area contributed by atoms with Gasteiger partial charge in [0, 0.05) is 19.3 Å². The second-order valence-electron chi connectivity index (χ2n) is 20.2. The Morgan fingerprint density at radius 1 is 0.292 bits per heavy atom. The van der Waals surface area contributed by atoms with Crippen molar-refractivity contribution in [2.45, 2.75) is 303 Å². The maximum Gasteiger partial charge on any atom is 0.306 e. The number of esters is 3. The molecule has 0 amide bonds. The van der Waals surface area contributed by atoms with Crippen LogP contribution in [0.5, 0.6) is 0 Å². The standard InChI is InChI=1S/C66H114O6/c1-4-7-10-13-16-19-21-23-24-25-26-27-28-29-30-31-32-33-34-35-36-37-38-39-40-41-42-43-45-47-50-53-56-59-65(68)71-62-63(61-70-64(67)58-55-52-49-46-18-15-12-9-6-3)72-66(69)60-57-54-51-48-44-22-20-17-14-11-8-5-2/h7,10,16-17,19-20,23-24,26-27,29-30,32-33,63H,4-6,8-9,11-15,18,21-22,25,28,31,34-62H2,1-3H3/b10-7-,19-16-,20-17-,24-23-,27-26-,30-29-,33-32-. The van der Waals surface area contributed by atoms with Crippen LogP contribution in [0, 0.1) is 0 Å². The number of hydrogen-bond donors (Lipinski definition) is 0. The van der Waals surface area contributed by atoms with E-state index in [1.807, 2.05) is 0 Å². The Morgan fingerprint density at radius 3 is 0.889 bits per heavy atom. The van der Waals surface area contributed by atoms with Gasteiger partial charge in [0.25, 0.3) is 0 Å². The molecule has 0 aromatic heterocycles. The lowest BCUT2D eigenvalue weighted by Crippen LogP contribution is -2.30. The van der Waals surface area contributed by atoms with Crippen LogP contribution in [0.4, 0.5) is 0 Å². The number of unbranched alkanes of at least 4 members (excludes halogenated alkanes) is 30. The van der Waals surface area contributed by atoms with E-state index in [1.54, 1.807) is 0 Å². The van der Waals surface area contributed by atoms with Crippen molar-refractivity contribution in [1.29, 1.82) is 0 Å². The molecule has 0 aromatic rings. The van der Waals surface area contributed by atoms with Gasteiger partial charge < -0.3 is 14.2 Å². The second kappa shape index (κ2) is 60.1. The summed E-state index contributed by atoms with van der Waals surface area (Å²) in [6.45, 7) is 6.49. The molecule has 1 atom stereocenters. The number of rotatable bonds is 55. The molecular formula is C66H114O6. The molecule has 72 heavy (non-hydrogen) atoms. The molecule has 0 aromatic carbocycles. The fourth-order valence-electron chi connectivity index (χ4n) is 8.56. The number of hydrogen-bond acceptors (Lipinski definition) is 6. The van der Waals surface area contributed by atoms with Gasteiger partial charge >= 0.3 is 17.9 Å². The molecular weight excluding hydrogens is 889 g/mol. The van der Waals surface area contributed by atoms with E-state index in [9.17, 15) is 14.4 Å². The van der Waals surface area contributed by atoms with Crippen LogP contribution in [0.1, 0.15) is 297 Å². The van der Waals surface area contributed by atoms with E-state index in [-0.39, 0.29) is 31.1 Å². The van der Waals surface area contributed by atoms with Gasteiger partial charge in [0.1, 0.15) is 13.2 Å². The molecule has 0 rings (SSSR count). The molecule has 6 heteroatoms. The fourth-order valence-corrected chi connectivity index (χ4v) is 8.56. The van der Waals surface area contributed by atoms with Crippen molar-refractivity contribution in [3.8, 4) is 0 Å². The van der Waals surface area contributed by atoms with Crippen molar-refractivity contribution in [2.24, 2.45) is 0 Å². The van der Waals surface area contributed by atoms with E-state index >= 15 is 0 Å². The summed E-state index contributed by atoms with van der Waals surface area (Å²) >= 11 is 0. The molecule has 0 heterocycles. The molecule has 414 valence electrons. The van der Waals surface area contributed by atoms with Crippen LogP contribution >= 0.6 is 0 Å². The van der Waals surface area contributed by atoms with Crippen molar-refractivity contribution < 1.29 is 28.6 Å². The van der Waals surface area contributed by atoms with Gasteiger partial charge in [-0.2, -0.15) is 0 Å². The molecule has 0 radical (unpaired) electrons. The summed E-state index contributed by atoms with van der Waals surface area (Å²) in [5.41, 5.74) is 0. The Bertz CT molecular complexity index is 1380. The molecule has 0 saturated heterocycles. The third kappa shape index (κ3) is 57.5. The minimum absolute atomic E-state index is 0.0758. The molecule has 0 saturated carbocycles. The summed E-state index contributed by atoms with van der Waals surface area (Å²) < 4.78 is 16.8. The SMILES string of the molecule is CC/C=C\C/C=C\C/C=C\C/C=C\C/C=C\C/C=C\CCCCCCCCCCCCCCCCC(=O)OCC(COC(=O)CCCCCCCCCCC)OC(=O)CCCCCCC/C=C\CCCCC. The van der Waals surface area contributed by atoms with Crippen molar-refractivity contribution in [1.82, 2.24) is 0 Å². The summed E-state index contributed by atoms with van der Waals surface area (Å²) in [5.74, 6) is -0.881. The molecule has 0 aliphatic carbocycles. The zero-order valence-electron chi connectivity index (χ0n) is 47.4. The smallest absolute Gasteiger partial charge is 0.306 e. The van der Waals surface area contributed by atoms with Crippen LogP contribution in [0.15, 0.2) is 85.1 Å². The van der Waals surface area contributed by atoms with Crippen molar-refractivity contribution >= 4 is 17.9 Å². The van der Waals surface area contributed by atoms with Gasteiger partial charge in [-0.15, -0.1) is 0 Å². The molecule has 0 spiro atoms. The van der Waals surface area contributed by atoms with Gasteiger partial charge in [-0.05, 0) is 96.3 Å². The minimum atomic E-state index is -0.776. The Balaban J connectivity index is 4.06. The highest BCUT2D eigenvalue weighted by Gasteiger charge is 2.19. The van der Waals surface area contributed by atoms with Crippen LogP contribution in [0.2, 0.25) is 0 Å². The first-order valence-electron chi connectivity index (χ1n) is 30.6. The van der Waals surface area contributed by atoms with Crippen LogP contribution < -0.4 is 0 Å². The van der Waals surface area contributed by atoms with Gasteiger partial charge in [0.15, 0.2) is 6.10 Å². The van der Waals surface area contributed by atoms with E-state index < -0.39 is 6.10 Å². The quantitative estimate of drug-likeness (QED) is 0.0261. The highest BCUT2D eigenvalue weighted by molar-refractivity contribution is 5.71. The lowest BCUT2D eigenvalue weighted by atomic mass is 10.0. The first kappa shape index (κ1) is 68.6. The highest BCUT2D eigenvalue weighted by Crippen LogP contribution is 2.16. The molecule has 0 fully saturated rings. The fraction of sp³-hybridized carbons (Fsp3) is 0.742. The predicted molar refractivity (Wildman–Crippen MR) is 311 cm³/mol. The normalized spacial score (nSPS) is 12.7. The van der Waals surface area contributed by atoms with E-state index in [2.05, 4.69) is 106 Å². The summed E-state index contributed by atoms with van der Waals surface area (Å²) in [5, 5.41) is 0. The second-order valence-corrected chi connectivity index (χ2v) is 20.2. The lowest BCUT2D eigenvalue weighted by Gasteiger charge is -2.18. The van der Waals surface area contributed by atoms with Gasteiger partial charge in [-0.25, -0.2) is 0 Å². The number of carbonyl (C=O) groups excluding carboxylic acids is 3. The van der Waals surface area contributed by atoms with Gasteiger partial charge in [0.05, 0.1) is 0 Å². The first-order chi connectivity index (χ1) is 35.5. The topological polar surface area (TPSA) is 78.9 Å². The zero-order chi connectivity index (χ0) is 52.2. The average molecular weight is 1000 g/mol. The molecule has 0 N–H and O–H groups in total. The summed E-state index contributed by atoms with van der Waals surface area (Å²) in [6, 6.07) is 0. The highest BCUT2D eigenvalue weighted by atomic mass is 16.6. The van der Waals surface area contributed by atoms with E-state index in [0.717, 1.165) is 109 Å². The molecule has 0 bridgehead atoms. The van der Waals surface area contributed by atoms with Crippen LogP contribution in [-0.4, -0.2) is 37.2 Å². The summed E-state index contributed by atoms with van der Waals surface area (Å²) in [4.78, 5) is 38.0. The number of allylic oxidation sites excluding steroid dienone is 14.